The van der Waals surface area contributed by atoms with Gasteiger partial charge in [-0.15, -0.1) is 23.7 Å². The van der Waals surface area contributed by atoms with Crippen molar-refractivity contribution in [1.82, 2.24) is 5.32 Å². The molecule has 1 aromatic heterocycles. The number of fused-ring (bicyclic) bond motifs is 2. The van der Waals surface area contributed by atoms with E-state index in [0.29, 0.717) is 19.2 Å². The molecule has 0 saturated carbocycles. The quantitative estimate of drug-likeness (QED) is 0.635. The first-order valence-corrected chi connectivity index (χ1v) is 10.2. The lowest BCUT2D eigenvalue weighted by molar-refractivity contribution is 0.104. The summed E-state index contributed by atoms with van der Waals surface area (Å²) in [6.07, 6.45) is 2.76. The van der Waals surface area contributed by atoms with Gasteiger partial charge >= 0.3 is 0 Å². The first-order chi connectivity index (χ1) is 12.7. The molecule has 0 aliphatic heterocycles. The average molecular weight is 404 g/mol. The van der Waals surface area contributed by atoms with E-state index in [0.717, 1.165) is 29.7 Å². The number of halogens is 1. The number of aliphatic hydroxyl groups is 1. The van der Waals surface area contributed by atoms with Gasteiger partial charge < -0.3 is 15.2 Å². The zero-order chi connectivity index (χ0) is 17.9. The minimum atomic E-state index is -0.511. The van der Waals surface area contributed by atoms with Crippen LogP contribution in [0.2, 0.25) is 0 Å². The zero-order valence-corrected chi connectivity index (χ0v) is 17.1. The van der Waals surface area contributed by atoms with E-state index in [1.165, 1.54) is 22.1 Å². The lowest BCUT2D eigenvalue weighted by atomic mass is 9.88. The molecule has 5 heteroatoms. The molecule has 4 rings (SSSR count). The summed E-state index contributed by atoms with van der Waals surface area (Å²) >= 11 is 1.70. The number of nitrogens with one attached hydrogen (secondary N) is 1. The van der Waals surface area contributed by atoms with Crippen LogP contribution in [0.4, 0.5) is 0 Å². The molecule has 2 N–H and O–H groups in total. The minimum absolute atomic E-state index is 0. The molecule has 0 spiro atoms. The molecule has 2 atom stereocenters. The molecule has 0 radical (unpaired) electrons. The molecule has 144 valence electrons. The highest BCUT2D eigenvalue weighted by Gasteiger charge is 2.19. The second-order valence-electron chi connectivity index (χ2n) is 7.13. The lowest BCUT2D eigenvalue weighted by Gasteiger charge is -2.26. The summed E-state index contributed by atoms with van der Waals surface area (Å²) in [5.74, 6) is 0.867. The van der Waals surface area contributed by atoms with E-state index in [4.69, 9.17) is 4.74 Å². The van der Waals surface area contributed by atoms with Gasteiger partial charge in [-0.05, 0) is 59.7 Å². The minimum Gasteiger partial charge on any atom is -0.489 e. The van der Waals surface area contributed by atoms with Gasteiger partial charge in [0, 0.05) is 12.6 Å². The Bertz CT molecular complexity index is 895. The maximum Gasteiger partial charge on any atom is 0.137 e. The molecule has 0 saturated heterocycles. The van der Waals surface area contributed by atoms with Crippen LogP contribution in [-0.2, 0) is 12.8 Å². The molecule has 0 amide bonds. The Hall–Kier alpha value is -1.59. The smallest absolute Gasteiger partial charge is 0.137 e. The van der Waals surface area contributed by atoms with Crippen molar-refractivity contribution in [2.45, 2.75) is 38.3 Å². The molecule has 2 unspecified atom stereocenters. The van der Waals surface area contributed by atoms with Crippen molar-refractivity contribution in [3.8, 4) is 5.75 Å². The highest BCUT2D eigenvalue weighted by molar-refractivity contribution is 7.17. The number of thiophene rings is 1. The normalized spacial score (nSPS) is 17.2. The van der Waals surface area contributed by atoms with Crippen molar-refractivity contribution in [2.75, 3.05) is 13.2 Å². The van der Waals surface area contributed by atoms with Gasteiger partial charge in [0.05, 0.1) is 4.70 Å². The molecule has 0 fully saturated rings. The highest BCUT2D eigenvalue weighted by Crippen LogP contribution is 2.33. The number of aryl methyl sites for hydroxylation is 2. The molecular formula is C22H26ClNO2S. The summed E-state index contributed by atoms with van der Waals surface area (Å²) in [6.45, 7) is 2.99. The zero-order valence-electron chi connectivity index (χ0n) is 15.5. The van der Waals surface area contributed by atoms with Crippen molar-refractivity contribution in [3.05, 3.63) is 64.5 Å². The fraction of sp³-hybridized carbons (Fsp3) is 0.364. The van der Waals surface area contributed by atoms with Crippen molar-refractivity contribution in [1.29, 1.82) is 0 Å². The van der Waals surface area contributed by atoms with E-state index in [9.17, 15) is 5.11 Å². The largest absolute Gasteiger partial charge is 0.489 e. The molecular weight excluding hydrogens is 378 g/mol. The van der Waals surface area contributed by atoms with Gasteiger partial charge in [-0.3, -0.25) is 0 Å². The van der Waals surface area contributed by atoms with E-state index >= 15 is 0 Å². The van der Waals surface area contributed by atoms with Crippen LogP contribution in [0.1, 0.15) is 23.1 Å². The van der Waals surface area contributed by atoms with Gasteiger partial charge in [0.1, 0.15) is 18.5 Å². The Morgan fingerprint density at radius 3 is 2.85 bits per heavy atom. The molecule has 3 aromatic rings. The Morgan fingerprint density at radius 2 is 2.00 bits per heavy atom. The van der Waals surface area contributed by atoms with Crippen LogP contribution in [0.3, 0.4) is 0 Å². The number of hydrogen-bond donors (Lipinski definition) is 2. The van der Waals surface area contributed by atoms with Crippen LogP contribution >= 0.6 is 23.7 Å². The maximum atomic E-state index is 10.3. The molecule has 27 heavy (non-hydrogen) atoms. The van der Waals surface area contributed by atoms with Crippen LogP contribution in [0.15, 0.2) is 47.8 Å². The second kappa shape index (κ2) is 9.07. The third kappa shape index (κ3) is 4.64. The van der Waals surface area contributed by atoms with Gasteiger partial charge in [0.2, 0.25) is 0 Å². The fourth-order valence-electron chi connectivity index (χ4n) is 3.69. The van der Waals surface area contributed by atoms with E-state index in [1.54, 1.807) is 11.3 Å². The van der Waals surface area contributed by atoms with E-state index < -0.39 is 6.10 Å². The van der Waals surface area contributed by atoms with Gasteiger partial charge in [-0.2, -0.15) is 0 Å². The first kappa shape index (κ1) is 20.2. The molecule has 1 aliphatic rings. The third-order valence-electron chi connectivity index (χ3n) is 5.18. The lowest BCUT2D eigenvalue weighted by Crippen LogP contribution is -2.40. The number of benzene rings is 2. The van der Waals surface area contributed by atoms with Gasteiger partial charge in [0.25, 0.3) is 0 Å². The predicted molar refractivity (Wildman–Crippen MR) is 116 cm³/mol. The maximum absolute atomic E-state index is 10.3. The SMILES string of the molecule is Cc1csc2c(OCC(O)CNC3CCc4ccccc4C3)cccc12.Cl. The summed E-state index contributed by atoms with van der Waals surface area (Å²) < 4.78 is 7.07. The van der Waals surface area contributed by atoms with Crippen LogP contribution in [-0.4, -0.2) is 30.4 Å². The molecule has 1 heterocycles. The number of hydrogen-bond acceptors (Lipinski definition) is 4. The van der Waals surface area contributed by atoms with Gasteiger partial charge in [-0.25, -0.2) is 0 Å². The van der Waals surface area contributed by atoms with Crippen LogP contribution in [0.25, 0.3) is 10.1 Å². The Morgan fingerprint density at radius 1 is 1.19 bits per heavy atom. The predicted octanol–water partition coefficient (Wildman–Crippen LogP) is 4.52. The monoisotopic (exact) mass is 403 g/mol. The number of ether oxygens (including phenoxy) is 1. The molecule has 3 nitrogen and oxygen atoms in total. The van der Waals surface area contributed by atoms with Crippen LogP contribution in [0.5, 0.6) is 5.75 Å². The second-order valence-corrected chi connectivity index (χ2v) is 8.01. The Kier molecular flexibility index (Phi) is 6.77. The molecule has 1 aliphatic carbocycles. The molecule has 0 bridgehead atoms. The van der Waals surface area contributed by atoms with Crippen LogP contribution in [0, 0.1) is 6.92 Å². The van der Waals surface area contributed by atoms with Crippen molar-refractivity contribution in [2.24, 2.45) is 0 Å². The van der Waals surface area contributed by atoms with Gasteiger partial charge in [-0.1, -0.05) is 36.4 Å². The fourth-order valence-corrected chi connectivity index (χ4v) is 4.71. The van der Waals surface area contributed by atoms with Crippen molar-refractivity contribution >= 4 is 33.8 Å². The first-order valence-electron chi connectivity index (χ1n) is 9.28. The number of aliphatic hydroxyl groups excluding tert-OH is 1. The standard InChI is InChI=1S/C22H25NO2S.ClH/c1-15-14-26-22-20(15)7-4-8-21(22)25-13-19(24)12-23-18-10-9-16-5-2-3-6-17(16)11-18;/h2-8,14,18-19,23-24H,9-13H2,1H3;1H. The topological polar surface area (TPSA) is 41.5 Å². The third-order valence-corrected chi connectivity index (χ3v) is 6.31. The van der Waals surface area contributed by atoms with Crippen LogP contribution < -0.4 is 10.1 Å². The molecule has 2 aromatic carbocycles. The summed E-state index contributed by atoms with van der Waals surface area (Å²) in [5, 5.41) is 17.2. The van der Waals surface area contributed by atoms with E-state index in [2.05, 4.69) is 48.0 Å². The highest BCUT2D eigenvalue weighted by atomic mass is 35.5. The van der Waals surface area contributed by atoms with E-state index in [-0.39, 0.29) is 12.4 Å². The summed E-state index contributed by atoms with van der Waals surface area (Å²) in [4.78, 5) is 0. The number of rotatable bonds is 6. The van der Waals surface area contributed by atoms with E-state index in [1.807, 2.05) is 12.1 Å². The summed E-state index contributed by atoms with van der Waals surface area (Å²) in [6, 6.07) is 15.2. The average Bonchev–Trinajstić information content (AvgIpc) is 3.06. The summed E-state index contributed by atoms with van der Waals surface area (Å²) in [5.41, 5.74) is 4.17. The summed E-state index contributed by atoms with van der Waals surface area (Å²) in [7, 11) is 0. The Labute approximate surface area is 170 Å². The van der Waals surface area contributed by atoms with Crippen molar-refractivity contribution in [3.63, 3.8) is 0 Å². The van der Waals surface area contributed by atoms with Crippen molar-refractivity contribution < 1.29 is 9.84 Å². The Balaban J connectivity index is 0.00000210. The van der Waals surface area contributed by atoms with Gasteiger partial charge in [0.15, 0.2) is 0 Å².